The Balaban J connectivity index is 1.37. The quantitative estimate of drug-likeness (QED) is 0.753. The summed E-state index contributed by atoms with van der Waals surface area (Å²) in [5, 5.41) is 0. The highest BCUT2D eigenvalue weighted by Crippen LogP contribution is 2.17. The minimum atomic E-state index is -0.0978. The number of aromatic nitrogens is 2. The molecule has 0 bridgehead atoms. The lowest BCUT2D eigenvalue weighted by Gasteiger charge is -2.35. The molecule has 9 heteroatoms. The maximum Gasteiger partial charge on any atom is 0.289 e. The molecule has 2 saturated heterocycles. The second-order valence-corrected chi connectivity index (χ2v) is 7.24. The Morgan fingerprint density at radius 2 is 1.66 bits per heavy atom. The molecule has 0 unspecified atom stereocenters. The van der Waals surface area contributed by atoms with Crippen LogP contribution in [0.25, 0.3) is 0 Å². The highest BCUT2D eigenvalue weighted by atomic mass is 16.3. The number of carbonyl (C=O) groups excluding carboxylic acids is 2. The van der Waals surface area contributed by atoms with Gasteiger partial charge < -0.3 is 24.0 Å². The van der Waals surface area contributed by atoms with Crippen LogP contribution >= 0.6 is 0 Å². The van der Waals surface area contributed by atoms with Crippen molar-refractivity contribution >= 4 is 17.6 Å². The number of likely N-dealkylation sites (N-methyl/N-ethyl adjacent to an activating group) is 1. The van der Waals surface area contributed by atoms with Gasteiger partial charge in [-0.05, 0) is 18.7 Å². The van der Waals surface area contributed by atoms with Crippen molar-refractivity contribution in [1.29, 1.82) is 0 Å². The minimum absolute atomic E-state index is 0.0453. The first-order chi connectivity index (χ1) is 14.2. The van der Waals surface area contributed by atoms with Crippen LogP contribution in [0.3, 0.4) is 0 Å². The first-order valence-corrected chi connectivity index (χ1v) is 10.1. The van der Waals surface area contributed by atoms with E-state index < -0.39 is 0 Å². The first-order valence-electron chi connectivity index (χ1n) is 10.1. The van der Waals surface area contributed by atoms with E-state index in [4.69, 9.17) is 4.42 Å². The third-order valence-corrected chi connectivity index (χ3v) is 5.60. The Morgan fingerprint density at radius 3 is 2.31 bits per heavy atom. The molecule has 4 heterocycles. The van der Waals surface area contributed by atoms with E-state index in [2.05, 4.69) is 26.7 Å². The average Bonchev–Trinajstić information content (AvgIpc) is 3.33. The van der Waals surface area contributed by atoms with Crippen LogP contribution in [-0.2, 0) is 0 Å². The van der Waals surface area contributed by atoms with Crippen LogP contribution in [0.2, 0.25) is 0 Å². The average molecular weight is 398 g/mol. The third kappa shape index (κ3) is 4.24. The highest BCUT2D eigenvalue weighted by Gasteiger charge is 2.26. The fourth-order valence-electron chi connectivity index (χ4n) is 3.76. The summed E-state index contributed by atoms with van der Waals surface area (Å²) < 4.78 is 5.20. The zero-order valence-corrected chi connectivity index (χ0v) is 16.7. The van der Waals surface area contributed by atoms with Gasteiger partial charge in [-0.1, -0.05) is 6.92 Å². The summed E-state index contributed by atoms with van der Waals surface area (Å²) in [5.41, 5.74) is 0.425. The Hall–Kier alpha value is -2.94. The molecule has 154 valence electrons. The number of piperazine rings is 2. The van der Waals surface area contributed by atoms with Crippen molar-refractivity contribution in [3.05, 3.63) is 42.2 Å². The fourth-order valence-corrected chi connectivity index (χ4v) is 3.76. The summed E-state index contributed by atoms with van der Waals surface area (Å²) in [6, 6.07) is 5.15. The van der Waals surface area contributed by atoms with Crippen LogP contribution in [0.5, 0.6) is 0 Å². The Morgan fingerprint density at radius 1 is 0.966 bits per heavy atom. The predicted octanol–water partition coefficient (Wildman–Crippen LogP) is 0.810. The van der Waals surface area contributed by atoms with E-state index in [0.29, 0.717) is 37.6 Å². The number of amides is 2. The SMILES string of the molecule is CCN1CCN(C(=O)c2cc(N3CCN(C(=O)c4ccco4)CC3)ncn2)CC1. The molecule has 29 heavy (non-hydrogen) atoms. The maximum atomic E-state index is 12.8. The van der Waals surface area contributed by atoms with Gasteiger partial charge in [-0.25, -0.2) is 9.97 Å². The molecule has 2 aliphatic heterocycles. The molecular weight excluding hydrogens is 372 g/mol. The molecule has 2 fully saturated rings. The van der Waals surface area contributed by atoms with E-state index in [0.717, 1.165) is 38.5 Å². The molecule has 0 radical (unpaired) electrons. The lowest BCUT2D eigenvalue weighted by atomic mass is 10.2. The van der Waals surface area contributed by atoms with Crippen molar-refractivity contribution < 1.29 is 14.0 Å². The third-order valence-electron chi connectivity index (χ3n) is 5.60. The van der Waals surface area contributed by atoms with Crippen LogP contribution < -0.4 is 4.90 Å². The maximum absolute atomic E-state index is 12.8. The van der Waals surface area contributed by atoms with Gasteiger partial charge in [0.1, 0.15) is 17.8 Å². The van der Waals surface area contributed by atoms with Crippen molar-refractivity contribution in [2.45, 2.75) is 6.92 Å². The number of anilines is 1. The van der Waals surface area contributed by atoms with Crippen molar-refractivity contribution in [2.24, 2.45) is 0 Å². The largest absolute Gasteiger partial charge is 0.459 e. The molecule has 0 saturated carbocycles. The number of hydrogen-bond donors (Lipinski definition) is 0. The van der Waals surface area contributed by atoms with Crippen LogP contribution in [0, 0.1) is 0 Å². The molecule has 9 nitrogen and oxygen atoms in total. The van der Waals surface area contributed by atoms with E-state index in [1.807, 2.05) is 4.90 Å². The lowest BCUT2D eigenvalue weighted by Crippen LogP contribution is -2.49. The molecule has 4 rings (SSSR count). The lowest BCUT2D eigenvalue weighted by molar-refractivity contribution is 0.0637. The molecule has 2 amide bonds. The van der Waals surface area contributed by atoms with Gasteiger partial charge in [0, 0.05) is 58.4 Å². The summed E-state index contributed by atoms with van der Waals surface area (Å²) in [4.78, 5) is 41.8. The smallest absolute Gasteiger partial charge is 0.289 e. The molecule has 0 atom stereocenters. The van der Waals surface area contributed by atoms with Crippen LogP contribution in [0.1, 0.15) is 28.0 Å². The van der Waals surface area contributed by atoms with Gasteiger partial charge in [0.2, 0.25) is 0 Å². The first kappa shape index (κ1) is 19.4. The van der Waals surface area contributed by atoms with Gasteiger partial charge >= 0.3 is 0 Å². The van der Waals surface area contributed by atoms with Gasteiger partial charge in [0.15, 0.2) is 5.76 Å². The summed E-state index contributed by atoms with van der Waals surface area (Å²) >= 11 is 0. The van der Waals surface area contributed by atoms with Crippen LogP contribution in [0.15, 0.2) is 35.2 Å². The number of carbonyl (C=O) groups is 2. The number of hydrogen-bond acceptors (Lipinski definition) is 7. The molecule has 2 aromatic heterocycles. The van der Waals surface area contributed by atoms with E-state index in [9.17, 15) is 9.59 Å². The monoisotopic (exact) mass is 398 g/mol. The Kier molecular flexibility index (Phi) is 5.75. The number of nitrogens with zero attached hydrogens (tertiary/aromatic N) is 6. The van der Waals surface area contributed by atoms with Crippen molar-refractivity contribution in [2.75, 3.05) is 63.8 Å². The molecule has 2 aliphatic rings. The standard InChI is InChI=1S/C20H26N6O3/c1-2-23-5-7-25(8-6-23)19(27)16-14-18(22-15-21-16)24-9-11-26(12-10-24)20(28)17-4-3-13-29-17/h3-4,13-15H,2,5-12H2,1H3. The van der Waals surface area contributed by atoms with Gasteiger partial charge in [-0.2, -0.15) is 0 Å². The van der Waals surface area contributed by atoms with E-state index in [1.54, 1.807) is 23.1 Å². The number of rotatable bonds is 4. The summed E-state index contributed by atoms with van der Waals surface area (Å²) in [5.74, 6) is 0.938. The predicted molar refractivity (Wildman–Crippen MR) is 107 cm³/mol. The Labute approximate surface area is 169 Å². The normalized spacial score (nSPS) is 18.2. The molecular formula is C20H26N6O3. The molecule has 0 aliphatic carbocycles. The molecule has 2 aromatic rings. The van der Waals surface area contributed by atoms with Crippen LogP contribution in [0.4, 0.5) is 5.82 Å². The Bertz CT molecular complexity index is 840. The zero-order valence-electron chi connectivity index (χ0n) is 16.7. The highest BCUT2D eigenvalue weighted by molar-refractivity contribution is 5.93. The number of furan rings is 1. The second-order valence-electron chi connectivity index (χ2n) is 7.24. The fraction of sp³-hybridized carbons (Fsp3) is 0.500. The van der Waals surface area contributed by atoms with Gasteiger partial charge in [-0.15, -0.1) is 0 Å². The van der Waals surface area contributed by atoms with Crippen molar-refractivity contribution in [3.8, 4) is 0 Å². The summed E-state index contributed by atoms with van der Waals surface area (Å²) in [6.45, 7) is 8.82. The van der Waals surface area contributed by atoms with Crippen molar-refractivity contribution in [1.82, 2.24) is 24.7 Å². The molecule has 0 spiro atoms. The molecule has 0 N–H and O–H groups in total. The summed E-state index contributed by atoms with van der Waals surface area (Å²) in [6.07, 6.45) is 2.95. The van der Waals surface area contributed by atoms with E-state index >= 15 is 0 Å². The summed E-state index contributed by atoms with van der Waals surface area (Å²) in [7, 11) is 0. The van der Waals surface area contributed by atoms with Gasteiger partial charge in [0.25, 0.3) is 11.8 Å². The van der Waals surface area contributed by atoms with Crippen LogP contribution in [-0.4, -0.2) is 95.4 Å². The molecule has 0 aromatic carbocycles. The minimum Gasteiger partial charge on any atom is -0.459 e. The second kappa shape index (κ2) is 8.60. The van der Waals surface area contributed by atoms with E-state index in [1.165, 1.54) is 12.6 Å². The van der Waals surface area contributed by atoms with Gasteiger partial charge in [-0.3, -0.25) is 9.59 Å². The topological polar surface area (TPSA) is 86.0 Å². The zero-order chi connectivity index (χ0) is 20.2. The van der Waals surface area contributed by atoms with Gasteiger partial charge in [0.05, 0.1) is 6.26 Å². The van der Waals surface area contributed by atoms with E-state index in [-0.39, 0.29) is 11.8 Å². The van der Waals surface area contributed by atoms with Crippen molar-refractivity contribution in [3.63, 3.8) is 0 Å².